The molecule has 1 atom stereocenters. The van der Waals surface area contributed by atoms with Crippen molar-refractivity contribution in [2.24, 2.45) is 0 Å². The van der Waals surface area contributed by atoms with E-state index in [-0.39, 0.29) is 5.91 Å². The lowest BCUT2D eigenvalue weighted by Crippen LogP contribution is -2.42. The highest BCUT2D eigenvalue weighted by Crippen LogP contribution is 2.27. The fourth-order valence-corrected chi connectivity index (χ4v) is 3.27. The van der Waals surface area contributed by atoms with E-state index in [0.29, 0.717) is 12.0 Å². The van der Waals surface area contributed by atoms with Crippen molar-refractivity contribution in [2.45, 2.75) is 12.5 Å². The Morgan fingerprint density at radius 2 is 1.92 bits per heavy atom. The van der Waals surface area contributed by atoms with Crippen LogP contribution in [0.2, 0.25) is 0 Å². The van der Waals surface area contributed by atoms with Crippen LogP contribution in [-0.4, -0.2) is 37.0 Å². The zero-order valence-corrected chi connectivity index (χ0v) is 16.5. The van der Waals surface area contributed by atoms with E-state index in [1.807, 2.05) is 48.7 Å². The highest BCUT2D eigenvalue weighted by molar-refractivity contribution is 9.10. The smallest absolute Gasteiger partial charge is 0.328 e. The molecular formula is C19H20BrNO3S. The Hall–Kier alpha value is -1.79. The first-order chi connectivity index (χ1) is 12.1. The van der Waals surface area contributed by atoms with Gasteiger partial charge in [0.1, 0.15) is 6.04 Å². The summed E-state index contributed by atoms with van der Waals surface area (Å²) < 4.78 is 5.69. The van der Waals surface area contributed by atoms with Crippen LogP contribution in [0.25, 0.3) is 11.1 Å². The number of ether oxygens (including phenoxy) is 1. The molecule has 0 aliphatic heterocycles. The van der Waals surface area contributed by atoms with Crippen LogP contribution in [-0.2, 0) is 9.53 Å². The maximum atomic E-state index is 12.8. The zero-order valence-electron chi connectivity index (χ0n) is 14.1. The van der Waals surface area contributed by atoms with Crippen molar-refractivity contribution in [3.05, 3.63) is 58.6 Å². The average Bonchev–Trinajstić information content (AvgIpc) is 2.64. The number of methoxy groups -OCH3 is 1. The number of hydrogen-bond acceptors (Lipinski definition) is 4. The van der Waals surface area contributed by atoms with Crippen LogP contribution in [0.3, 0.4) is 0 Å². The van der Waals surface area contributed by atoms with E-state index in [4.69, 9.17) is 4.74 Å². The van der Waals surface area contributed by atoms with Gasteiger partial charge in [-0.1, -0.05) is 46.3 Å². The highest BCUT2D eigenvalue weighted by atomic mass is 79.9. The molecule has 0 aliphatic carbocycles. The maximum Gasteiger partial charge on any atom is 0.328 e. The van der Waals surface area contributed by atoms with Gasteiger partial charge in [0.25, 0.3) is 5.91 Å². The second-order valence-corrected chi connectivity index (χ2v) is 7.29. The number of carbonyl (C=O) groups is 2. The first-order valence-electron chi connectivity index (χ1n) is 7.79. The van der Waals surface area contributed by atoms with Crippen molar-refractivity contribution >= 4 is 39.6 Å². The Bertz CT molecular complexity index is 737. The zero-order chi connectivity index (χ0) is 18.2. The van der Waals surface area contributed by atoms with Gasteiger partial charge in [-0.2, -0.15) is 11.8 Å². The third-order valence-corrected chi connectivity index (χ3v) is 4.85. The largest absolute Gasteiger partial charge is 0.467 e. The number of hydrogen-bond donors (Lipinski definition) is 1. The average molecular weight is 422 g/mol. The van der Waals surface area contributed by atoms with Crippen LogP contribution < -0.4 is 5.32 Å². The monoisotopic (exact) mass is 421 g/mol. The predicted octanol–water partition coefficient (Wildman–Crippen LogP) is 4.14. The van der Waals surface area contributed by atoms with Gasteiger partial charge in [-0.05, 0) is 47.8 Å². The van der Waals surface area contributed by atoms with E-state index in [1.54, 1.807) is 17.8 Å². The van der Waals surface area contributed by atoms with Crippen LogP contribution in [0.15, 0.2) is 53.0 Å². The van der Waals surface area contributed by atoms with Gasteiger partial charge in [-0.25, -0.2) is 4.79 Å². The molecule has 0 heterocycles. The maximum absolute atomic E-state index is 12.8. The molecule has 25 heavy (non-hydrogen) atoms. The summed E-state index contributed by atoms with van der Waals surface area (Å²) in [5, 5.41) is 2.81. The van der Waals surface area contributed by atoms with Crippen LogP contribution >= 0.6 is 27.7 Å². The topological polar surface area (TPSA) is 55.4 Å². The van der Waals surface area contributed by atoms with Crippen LogP contribution in [0.1, 0.15) is 16.8 Å². The van der Waals surface area contributed by atoms with Crippen molar-refractivity contribution in [1.29, 1.82) is 0 Å². The molecular weight excluding hydrogens is 402 g/mol. The summed E-state index contributed by atoms with van der Waals surface area (Å²) in [5.74, 6) is 0.0370. The summed E-state index contributed by atoms with van der Waals surface area (Å²) in [6.07, 6.45) is 2.48. The number of halogens is 1. The minimum absolute atomic E-state index is 0.289. The van der Waals surface area contributed by atoms with E-state index < -0.39 is 12.0 Å². The Kier molecular flexibility index (Phi) is 7.52. The molecule has 0 saturated heterocycles. The van der Waals surface area contributed by atoms with E-state index >= 15 is 0 Å². The fraction of sp³-hybridized carbons (Fsp3) is 0.263. The lowest BCUT2D eigenvalue weighted by Gasteiger charge is -2.17. The number of rotatable bonds is 7. The number of benzene rings is 2. The van der Waals surface area contributed by atoms with E-state index in [9.17, 15) is 9.59 Å². The molecule has 0 radical (unpaired) electrons. The Morgan fingerprint density at radius 1 is 1.20 bits per heavy atom. The van der Waals surface area contributed by atoms with E-state index in [2.05, 4.69) is 21.2 Å². The number of thioether (sulfide) groups is 1. The molecule has 0 fully saturated rings. The van der Waals surface area contributed by atoms with E-state index in [1.165, 1.54) is 7.11 Å². The predicted molar refractivity (Wildman–Crippen MR) is 106 cm³/mol. The molecule has 2 aromatic carbocycles. The fourth-order valence-electron chi connectivity index (χ4n) is 2.43. The van der Waals surface area contributed by atoms with Gasteiger partial charge in [-0.3, -0.25) is 4.79 Å². The molecule has 0 bridgehead atoms. The molecule has 132 valence electrons. The van der Waals surface area contributed by atoms with Crippen LogP contribution in [0.4, 0.5) is 0 Å². The van der Waals surface area contributed by atoms with Gasteiger partial charge in [0.2, 0.25) is 0 Å². The van der Waals surface area contributed by atoms with Gasteiger partial charge < -0.3 is 10.1 Å². The van der Waals surface area contributed by atoms with Gasteiger partial charge in [0, 0.05) is 10.0 Å². The second-order valence-electron chi connectivity index (χ2n) is 5.39. The lowest BCUT2D eigenvalue weighted by molar-refractivity contribution is -0.142. The molecule has 1 N–H and O–H groups in total. The summed E-state index contributed by atoms with van der Waals surface area (Å²) >= 11 is 5.07. The molecule has 0 saturated carbocycles. The SMILES string of the molecule is COC(=O)[C@@H](CCSC)NC(=O)c1ccc(Br)cc1-c1ccccc1. The summed E-state index contributed by atoms with van der Waals surface area (Å²) in [7, 11) is 1.33. The third-order valence-electron chi connectivity index (χ3n) is 3.71. The van der Waals surface area contributed by atoms with Crippen molar-refractivity contribution in [3.8, 4) is 11.1 Å². The highest BCUT2D eigenvalue weighted by Gasteiger charge is 2.23. The third kappa shape index (κ3) is 5.34. The molecule has 2 aromatic rings. The summed E-state index contributed by atoms with van der Waals surface area (Å²) in [6, 6.07) is 14.5. The normalized spacial score (nSPS) is 11.6. The minimum atomic E-state index is -0.655. The van der Waals surface area contributed by atoms with Crippen molar-refractivity contribution in [2.75, 3.05) is 19.1 Å². The standard InChI is InChI=1S/C19H20BrNO3S/c1-24-19(23)17(10-11-25-2)21-18(22)15-9-8-14(20)12-16(15)13-6-4-3-5-7-13/h3-9,12,17H,10-11H2,1-2H3,(H,21,22)/t17-/m1/s1. The van der Waals surface area contributed by atoms with Gasteiger partial charge in [-0.15, -0.1) is 0 Å². The summed E-state index contributed by atoms with van der Waals surface area (Å²) in [6.45, 7) is 0. The van der Waals surface area contributed by atoms with Gasteiger partial charge >= 0.3 is 5.97 Å². The Labute approximate surface area is 160 Å². The van der Waals surface area contributed by atoms with Crippen LogP contribution in [0.5, 0.6) is 0 Å². The first-order valence-corrected chi connectivity index (χ1v) is 9.98. The number of nitrogens with one attached hydrogen (secondary N) is 1. The molecule has 4 nitrogen and oxygen atoms in total. The molecule has 0 unspecified atom stereocenters. The number of amides is 1. The number of carbonyl (C=O) groups excluding carboxylic acids is 2. The molecule has 0 aromatic heterocycles. The number of esters is 1. The quantitative estimate of drug-likeness (QED) is 0.682. The molecule has 1 amide bonds. The van der Waals surface area contributed by atoms with Crippen LogP contribution in [0, 0.1) is 0 Å². The van der Waals surface area contributed by atoms with E-state index in [0.717, 1.165) is 21.4 Å². The minimum Gasteiger partial charge on any atom is -0.467 e. The molecule has 6 heteroatoms. The molecule has 2 rings (SSSR count). The Morgan fingerprint density at radius 3 is 2.56 bits per heavy atom. The second kappa shape index (κ2) is 9.63. The first kappa shape index (κ1) is 19.5. The molecule has 0 spiro atoms. The molecule has 0 aliphatic rings. The van der Waals surface area contributed by atoms with Gasteiger partial charge in [0.15, 0.2) is 0 Å². The Balaban J connectivity index is 2.30. The van der Waals surface area contributed by atoms with Crippen molar-refractivity contribution in [1.82, 2.24) is 5.32 Å². The summed E-state index contributed by atoms with van der Waals surface area (Å²) in [5.41, 5.74) is 2.26. The summed E-state index contributed by atoms with van der Waals surface area (Å²) in [4.78, 5) is 24.7. The van der Waals surface area contributed by atoms with Crippen molar-refractivity contribution in [3.63, 3.8) is 0 Å². The lowest BCUT2D eigenvalue weighted by atomic mass is 9.99. The van der Waals surface area contributed by atoms with Gasteiger partial charge in [0.05, 0.1) is 7.11 Å². The van der Waals surface area contributed by atoms with Crippen molar-refractivity contribution < 1.29 is 14.3 Å².